The first-order valence-corrected chi connectivity index (χ1v) is 10.8. The summed E-state index contributed by atoms with van der Waals surface area (Å²) >= 11 is 0. The van der Waals surface area contributed by atoms with Crippen LogP contribution in [-0.4, -0.2) is 77.6 Å². The van der Waals surface area contributed by atoms with E-state index in [2.05, 4.69) is 58.0 Å². The Bertz CT molecular complexity index is 643. The summed E-state index contributed by atoms with van der Waals surface area (Å²) in [5.74, 6) is 3.87. The molecule has 29 heavy (non-hydrogen) atoms. The number of ether oxygens (including phenoxy) is 1. The van der Waals surface area contributed by atoms with E-state index in [9.17, 15) is 0 Å². The predicted molar refractivity (Wildman–Crippen MR) is 127 cm³/mol. The molecule has 0 bridgehead atoms. The van der Waals surface area contributed by atoms with Crippen LogP contribution in [0.15, 0.2) is 4.99 Å². The van der Waals surface area contributed by atoms with Gasteiger partial charge in [-0.15, -0.1) is 24.0 Å². The summed E-state index contributed by atoms with van der Waals surface area (Å²) in [7, 11) is 0. The molecule has 2 N–H and O–H groups in total. The first kappa shape index (κ1) is 24.3. The fourth-order valence-electron chi connectivity index (χ4n) is 3.73. The van der Waals surface area contributed by atoms with Gasteiger partial charge in [0.1, 0.15) is 5.82 Å². The molecule has 1 saturated heterocycles. The van der Waals surface area contributed by atoms with E-state index in [1.54, 1.807) is 0 Å². The van der Waals surface area contributed by atoms with Gasteiger partial charge in [0.05, 0.1) is 19.8 Å². The molecule has 1 aromatic heterocycles. The first-order valence-electron chi connectivity index (χ1n) is 10.8. The lowest BCUT2D eigenvalue weighted by Gasteiger charge is -2.29. The number of morpholine rings is 1. The second-order valence-corrected chi connectivity index (χ2v) is 8.34. The topological polar surface area (TPSA) is 79.6 Å². The molecule has 2 aliphatic rings. The number of fused-ring (bicyclic) bond motifs is 1. The average molecular weight is 519 g/mol. The van der Waals surface area contributed by atoms with E-state index in [0.717, 1.165) is 82.9 Å². The second kappa shape index (κ2) is 12.0. The number of nitrogens with one attached hydrogen (secondary N) is 2. The third-order valence-electron chi connectivity index (χ3n) is 5.31. The minimum atomic E-state index is 0. The molecule has 2 aliphatic heterocycles. The molecule has 3 rings (SSSR count). The van der Waals surface area contributed by atoms with Crippen LogP contribution in [0.1, 0.15) is 51.7 Å². The Morgan fingerprint density at radius 1 is 1.28 bits per heavy atom. The van der Waals surface area contributed by atoms with Crippen molar-refractivity contribution >= 4 is 29.9 Å². The van der Waals surface area contributed by atoms with E-state index in [-0.39, 0.29) is 24.0 Å². The molecule has 1 aromatic rings. The molecule has 8 nitrogen and oxygen atoms in total. The van der Waals surface area contributed by atoms with Crippen molar-refractivity contribution in [2.45, 2.75) is 59.0 Å². The molecule has 2 unspecified atom stereocenters. The number of aromatic nitrogens is 3. The van der Waals surface area contributed by atoms with Crippen molar-refractivity contribution in [1.82, 2.24) is 30.3 Å². The molecule has 0 aliphatic carbocycles. The molecule has 0 spiro atoms. The van der Waals surface area contributed by atoms with Gasteiger partial charge >= 0.3 is 0 Å². The van der Waals surface area contributed by atoms with Gasteiger partial charge in [-0.25, -0.2) is 9.67 Å². The zero-order valence-corrected chi connectivity index (χ0v) is 20.7. The van der Waals surface area contributed by atoms with Crippen LogP contribution in [0.3, 0.4) is 0 Å². The molecule has 166 valence electrons. The number of rotatable bonds is 7. The van der Waals surface area contributed by atoms with Gasteiger partial charge in [-0.05, 0) is 19.3 Å². The SMILES string of the molecule is CCNC(=NCC(C)CN1CCOCC1)NC1CCc2nc(C(C)C)nn2C1.I. The van der Waals surface area contributed by atoms with Gasteiger partial charge in [-0.1, -0.05) is 20.8 Å². The van der Waals surface area contributed by atoms with Crippen LogP contribution in [0.4, 0.5) is 0 Å². The normalized spacial score (nSPS) is 21.4. The zero-order valence-electron chi connectivity index (χ0n) is 18.4. The summed E-state index contributed by atoms with van der Waals surface area (Å²) in [5, 5.41) is 11.7. The monoisotopic (exact) mass is 519 g/mol. The first-order chi connectivity index (χ1) is 13.5. The summed E-state index contributed by atoms with van der Waals surface area (Å²) in [5.41, 5.74) is 0. The Balaban J connectivity index is 0.00000300. The number of hydrogen-bond acceptors (Lipinski definition) is 5. The maximum atomic E-state index is 5.43. The summed E-state index contributed by atoms with van der Waals surface area (Å²) < 4.78 is 7.51. The van der Waals surface area contributed by atoms with Crippen molar-refractivity contribution in [2.75, 3.05) is 45.9 Å². The lowest BCUT2D eigenvalue weighted by Crippen LogP contribution is -2.47. The van der Waals surface area contributed by atoms with Crippen LogP contribution < -0.4 is 10.6 Å². The predicted octanol–water partition coefficient (Wildman–Crippen LogP) is 1.86. The van der Waals surface area contributed by atoms with Crippen molar-refractivity contribution < 1.29 is 4.74 Å². The van der Waals surface area contributed by atoms with E-state index in [0.29, 0.717) is 17.9 Å². The molecule has 1 fully saturated rings. The number of hydrogen-bond donors (Lipinski definition) is 2. The van der Waals surface area contributed by atoms with Crippen molar-refractivity contribution in [1.29, 1.82) is 0 Å². The fourth-order valence-corrected chi connectivity index (χ4v) is 3.73. The largest absolute Gasteiger partial charge is 0.379 e. The van der Waals surface area contributed by atoms with Gasteiger partial charge < -0.3 is 15.4 Å². The lowest BCUT2D eigenvalue weighted by molar-refractivity contribution is 0.0323. The number of aliphatic imine (C=N–C) groups is 1. The Hall–Kier alpha value is -0.940. The number of guanidine groups is 1. The molecule has 0 saturated carbocycles. The van der Waals surface area contributed by atoms with Gasteiger partial charge in [0, 0.05) is 51.1 Å². The van der Waals surface area contributed by atoms with E-state index < -0.39 is 0 Å². The summed E-state index contributed by atoms with van der Waals surface area (Å²) in [6, 6.07) is 0.335. The van der Waals surface area contributed by atoms with Crippen LogP contribution >= 0.6 is 24.0 Å². The molecule has 2 atom stereocenters. The standard InChI is InChI=1S/C20H37N7O.HI/c1-5-21-20(22-12-16(4)13-26-8-10-28-11-9-26)23-17-6-7-18-24-19(15(2)3)25-27(18)14-17;/h15-17H,5-14H2,1-4H3,(H2,21,22,23);1H. The summed E-state index contributed by atoms with van der Waals surface area (Å²) in [6.45, 7) is 16.1. The van der Waals surface area contributed by atoms with Crippen molar-refractivity contribution in [3.8, 4) is 0 Å². The smallest absolute Gasteiger partial charge is 0.191 e. The lowest BCUT2D eigenvalue weighted by atomic mass is 10.1. The highest BCUT2D eigenvalue weighted by Gasteiger charge is 2.23. The van der Waals surface area contributed by atoms with Crippen molar-refractivity contribution in [2.24, 2.45) is 10.9 Å². The van der Waals surface area contributed by atoms with Crippen molar-refractivity contribution in [3.63, 3.8) is 0 Å². The Labute approximate surface area is 192 Å². The molecule has 3 heterocycles. The zero-order chi connectivity index (χ0) is 19.9. The Morgan fingerprint density at radius 3 is 2.72 bits per heavy atom. The molecular weight excluding hydrogens is 481 g/mol. The molecule has 9 heteroatoms. The van der Waals surface area contributed by atoms with E-state index in [4.69, 9.17) is 9.73 Å². The fraction of sp³-hybridized carbons (Fsp3) is 0.850. The third-order valence-corrected chi connectivity index (χ3v) is 5.31. The average Bonchev–Trinajstić information content (AvgIpc) is 3.11. The van der Waals surface area contributed by atoms with Gasteiger partial charge in [0.2, 0.25) is 0 Å². The van der Waals surface area contributed by atoms with Crippen LogP contribution in [-0.2, 0) is 17.7 Å². The van der Waals surface area contributed by atoms with Gasteiger partial charge in [0.25, 0.3) is 0 Å². The van der Waals surface area contributed by atoms with E-state index in [1.165, 1.54) is 0 Å². The highest BCUT2D eigenvalue weighted by Crippen LogP contribution is 2.17. The number of aryl methyl sites for hydroxylation is 1. The Kier molecular flexibility index (Phi) is 10.1. The molecule has 0 radical (unpaired) electrons. The minimum absolute atomic E-state index is 0. The molecular formula is C20H38IN7O. The minimum Gasteiger partial charge on any atom is -0.379 e. The maximum Gasteiger partial charge on any atom is 0.191 e. The van der Waals surface area contributed by atoms with E-state index >= 15 is 0 Å². The second-order valence-electron chi connectivity index (χ2n) is 8.34. The summed E-state index contributed by atoms with van der Waals surface area (Å²) in [4.78, 5) is 12.0. The van der Waals surface area contributed by atoms with Gasteiger partial charge in [-0.2, -0.15) is 5.10 Å². The number of halogens is 1. The van der Waals surface area contributed by atoms with Crippen LogP contribution in [0.5, 0.6) is 0 Å². The highest BCUT2D eigenvalue weighted by atomic mass is 127. The van der Waals surface area contributed by atoms with E-state index in [1.807, 2.05) is 0 Å². The highest BCUT2D eigenvalue weighted by molar-refractivity contribution is 14.0. The van der Waals surface area contributed by atoms with Crippen molar-refractivity contribution in [3.05, 3.63) is 11.6 Å². The molecule has 0 aromatic carbocycles. The third kappa shape index (κ3) is 7.36. The summed E-state index contributed by atoms with van der Waals surface area (Å²) in [6.07, 6.45) is 2.02. The van der Waals surface area contributed by atoms with Crippen LogP contribution in [0.2, 0.25) is 0 Å². The Morgan fingerprint density at radius 2 is 2.03 bits per heavy atom. The quantitative estimate of drug-likeness (QED) is 0.325. The van der Waals surface area contributed by atoms with Gasteiger partial charge in [0.15, 0.2) is 11.8 Å². The van der Waals surface area contributed by atoms with Crippen LogP contribution in [0, 0.1) is 5.92 Å². The molecule has 0 amide bonds. The maximum absolute atomic E-state index is 5.43. The number of nitrogens with zero attached hydrogens (tertiary/aromatic N) is 5. The van der Waals surface area contributed by atoms with Crippen LogP contribution in [0.25, 0.3) is 0 Å². The van der Waals surface area contributed by atoms with Gasteiger partial charge in [-0.3, -0.25) is 9.89 Å².